The van der Waals surface area contributed by atoms with Gasteiger partial charge in [-0.3, -0.25) is 0 Å². The highest BCUT2D eigenvalue weighted by Crippen LogP contribution is 2.10. The number of nitrogens with one attached hydrogen (secondary N) is 1. The maximum atomic E-state index is 5.53. The lowest BCUT2D eigenvalue weighted by Crippen LogP contribution is -2.47. The molecular formula is C10H18N2O2S. The van der Waals surface area contributed by atoms with Crippen LogP contribution in [0.2, 0.25) is 0 Å². The van der Waals surface area contributed by atoms with Crippen molar-refractivity contribution in [2.75, 3.05) is 39.5 Å². The average Bonchev–Trinajstić information content (AvgIpc) is 2.80. The van der Waals surface area contributed by atoms with E-state index in [0.29, 0.717) is 6.10 Å². The van der Waals surface area contributed by atoms with E-state index in [1.165, 1.54) is 6.42 Å². The first-order valence-corrected chi connectivity index (χ1v) is 5.99. The Morgan fingerprint density at radius 3 is 2.80 bits per heavy atom. The van der Waals surface area contributed by atoms with Gasteiger partial charge in [0.1, 0.15) is 0 Å². The van der Waals surface area contributed by atoms with E-state index in [1.807, 2.05) is 0 Å². The summed E-state index contributed by atoms with van der Waals surface area (Å²) in [5, 5.41) is 4.11. The molecule has 5 heteroatoms. The molecule has 2 rings (SSSR count). The van der Waals surface area contributed by atoms with Gasteiger partial charge < -0.3 is 19.7 Å². The zero-order valence-corrected chi connectivity index (χ0v) is 9.72. The minimum Gasteiger partial charge on any atom is -0.378 e. The van der Waals surface area contributed by atoms with Gasteiger partial charge in [-0.25, -0.2) is 0 Å². The number of thiocarbonyl (C=S) groups is 1. The first-order valence-electron chi connectivity index (χ1n) is 5.58. The third kappa shape index (κ3) is 3.29. The van der Waals surface area contributed by atoms with Crippen LogP contribution in [0.15, 0.2) is 0 Å². The molecule has 1 atom stereocenters. The maximum Gasteiger partial charge on any atom is 0.169 e. The predicted molar refractivity (Wildman–Crippen MR) is 62.0 cm³/mol. The Morgan fingerprint density at radius 1 is 1.33 bits per heavy atom. The Labute approximate surface area is 95.9 Å². The fourth-order valence-corrected chi connectivity index (χ4v) is 2.15. The van der Waals surface area contributed by atoms with Crippen molar-refractivity contribution in [3.8, 4) is 0 Å². The van der Waals surface area contributed by atoms with Gasteiger partial charge in [0.15, 0.2) is 5.11 Å². The molecular weight excluding hydrogens is 212 g/mol. The lowest BCUT2D eigenvalue weighted by atomic mass is 10.2. The van der Waals surface area contributed by atoms with Crippen LogP contribution in [0, 0.1) is 0 Å². The van der Waals surface area contributed by atoms with Gasteiger partial charge in [-0.05, 0) is 25.1 Å². The summed E-state index contributed by atoms with van der Waals surface area (Å²) in [4.78, 5) is 2.16. The molecule has 15 heavy (non-hydrogen) atoms. The fraction of sp³-hybridized carbons (Fsp3) is 0.900. The molecule has 2 heterocycles. The average molecular weight is 230 g/mol. The van der Waals surface area contributed by atoms with Gasteiger partial charge in [-0.1, -0.05) is 0 Å². The van der Waals surface area contributed by atoms with Crippen LogP contribution in [0.4, 0.5) is 0 Å². The molecule has 0 aromatic heterocycles. The van der Waals surface area contributed by atoms with E-state index >= 15 is 0 Å². The van der Waals surface area contributed by atoms with Crippen LogP contribution in [0.1, 0.15) is 12.8 Å². The van der Waals surface area contributed by atoms with Gasteiger partial charge in [0.05, 0.1) is 19.3 Å². The molecule has 0 saturated carbocycles. The van der Waals surface area contributed by atoms with Gasteiger partial charge in [-0.2, -0.15) is 0 Å². The summed E-state index contributed by atoms with van der Waals surface area (Å²) in [5.41, 5.74) is 0. The summed E-state index contributed by atoms with van der Waals surface area (Å²) < 4.78 is 10.8. The second-order valence-electron chi connectivity index (χ2n) is 3.92. The van der Waals surface area contributed by atoms with E-state index in [0.717, 1.165) is 51.0 Å². The Kier molecular flexibility index (Phi) is 4.17. The predicted octanol–water partition coefficient (Wildman–Crippen LogP) is 0.372. The molecule has 0 bridgehead atoms. The second kappa shape index (κ2) is 5.63. The first-order chi connectivity index (χ1) is 7.36. The highest BCUT2D eigenvalue weighted by Gasteiger charge is 2.18. The smallest absolute Gasteiger partial charge is 0.169 e. The summed E-state index contributed by atoms with van der Waals surface area (Å²) in [6, 6.07) is 0. The third-order valence-electron chi connectivity index (χ3n) is 2.80. The van der Waals surface area contributed by atoms with Gasteiger partial charge in [0.2, 0.25) is 0 Å². The van der Waals surface area contributed by atoms with Crippen molar-refractivity contribution >= 4 is 17.3 Å². The molecule has 1 N–H and O–H groups in total. The van der Waals surface area contributed by atoms with Crippen molar-refractivity contribution in [3.05, 3.63) is 0 Å². The van der Waals surface area contributed by atoms with Gasteiger partial charge in [0, 0.05) is 26.2 Å². The minimum absolute atomic E-state index is 0.351. The Balaban J connectivity index is 1.66. The van der Waals surface area contributed by atoms with Crippen LogP contribution < -0.4 is 5.32 Å². The normalized spacial score (nSPS) is 26.7. The number of ether oxygens (including phenoxy) is 2. The standard InChI is InChI=1S/C10H18N2O2S/c15-10(12-3-6-13-7-4-12)11-8-9-2-1-5-14-9/h9H,1-8H2,(H,11,15)/t9-/m0/s1. The van der Waals surface area contributed by atoms with Crippen molar-refractivity contribution in [1.82, 2.24) is 10.2 Å². The number of nitrogens with zero attached hydrogens (tertiary/aromatic N) is 1. The van der Waals surface area contributed by atoms with Crippen molar-refractivity contribution in [1.29, 1.82) is 0 Å². The van der Waals surface area contributed by atoms with E-state index < -0.39 is 0 Å². The molecule has 0 unspecified atom stereocenters. The molecule has 0 aromatic rings. The Bertz CT molecular complexity index is 213. The van der Waals surface area contributed by atoms with Gasteiger partial charge in [0.25, 0.3) is 0 Å². The van der Waals surface area contributed by atoms with Crippen LogP contribution in [0.5, 0.6) is 0 Å². The molecule has 0 radical (unpaired) electrons. The largest absolute Gasteiger partial charge is 0.378 e. The monoisotopic (exact) mass is 230 g/mol. The lowest BCUT2D eigenvalue weighted by Gasteiger charge is -2.29. The summed E-state index contributed by atoms with van der Waals surface area (Å²) in [6.45, 7) is 5.10. The second-order valence-corrected chi connectivity index (χ2v) is 4.31. The highest BCUT2D eigenvalue weighted by molar-refractivity contribution is 7.80. The number of hydrogen-bond donors (Lipinski definition) is 1. The quantitative estimate of drug-likeness (QED) is 0.693. The van der Waals surface area contributed by atoms with E-state index in [4.69, 9.17) is 21.7 Å². The minimum atomic E-state index is 0.351. The molecule has 2 aliphatic heterocycles. The van der Waals surface area contributed by atoms with Crippen LogP contribution >= 0.6 is 12.2 Å². The maximum absolute atomic E-state index is 5.53. The van der Waals surface area contributed by atoms with Crippen molar-refractivity contribution in [3.63, 3.8) is 0 Å². The number of morpholine rings is 1. The van der Waals surface area contributed by atoms with Crippen molar-refractivity contribution in [2.24, 2.45) is 0 Å². The van der Waals surface area contributed by atoms with E-state index in [2.05, 4.69) is 10.2 Å². The topological polar surface area (TPSA) is 33.7 Å². The van der Waals surface area contributed by atoms with Gasteiger partial charge >= 0.3 is 0 Å². The van der Waals surface area contributed by atoms with Crippen molar-refractivity contribution in [2.45, 2.75) is 18.9 Å². The third-order valence-corrected chi connectivity index (χ3v) is 3.21. The molecule has 2 aliphatic rings. The summed E-state index contributed by atoms with van der Waals surface area (Å²) in [5.74, 6) is 0. The zero-order chi connectivity index (χ0) is 10.5. The van der Waals surface area contributed by atoms with Crippen molar-refractivity contribution < 1.29 is 9.47 Å². The van der Waals surface area contributed by atoms with Crippen LogP contribution in [0.25, 0.3) is 0 Å². The molecule has 0 amide bonds. The molecule has 0 spiro atoms. The molecule has 0 aliphatic carbocycles. The Morgan fingerprint density at radius 2 is 2.13 bits per heavy atom. The fourth-order valence-electron chi connectivity index (χ4n) is 1.88. The van der Waals surface area contributed by atoms with E-state index in [9.17, 15) is 0 Å². The lowest BCUT2D eigenvalue weighted by molar-refractivity contribution is 0.0667. The van der Waals surface area contributed by atoms with E-state index in [-0.39, 0.29) is 0 Å². The van der Waals surface area contributed by atoms with E-state index in [1.54, 1.807) is 0 Å². The first kappa shape index (κ1) is 11.1. The van der Waals surface area contributed by atoms with Gasteiger partial charge in [-0.15, -0.1) is 0 Å². The van der Waals surface area contributed by atoms with Crippen LogP contribution in [-0.2, 0) is 9.47 Å². The van der Waals surface area contributed by atoms with Crippen LogP contribution in [0.3, 0.4) is 0 Å². The Hall–Kier alpha value is -0.390. The molecule has 86 valence electrons. The highest BCUT2D eigenvalue weighted by atomic mass is 32.1. The molecule has 4 nitrogen and oxygen atoms in total. The summed E-state index contributed by atoms with van der Waals surface area (Å²) in [7, 11) is 0. The van der Waals surface area contributed by atoms with Crippen LogP contribution in [-0.4, -0.2) is 55.6 Å². The zero-order valence-electron chi connectivity index (χ0n) is 8.91. The SMILES string of the molecule is S=C(NC[C@@H]1CCCO1)N1CCOCC1. The summed E-state index contributed by atoms with van der Waals surface area (Å²) in [6.07, 6.45) is 2.68. The molecule has 2 fully saturated rings. The number of hydrogen-bond acceptors (Lipinski definition) is 3. The molecule has 0 aromatic carbocycles. The number of rotatable bonds is 2. The summed E-state index contributed by atoms with van der Waals surface area (Å²) >= 11 is 5.31. The molecule has 2 saturated heterocycles.